The Balaban J connectivity index is 2.53. The minimum absolute atomic E-state index is 0.0304. The van der Waals surface area contributed by atoms with Crippen LogP contribution in [0.5, 0.6) is 17.2 Å². The van der Waals surface area contributed by atoms with Crippen molar-refractivity contribution in [2.45, 2.75) is 0 Å². The van der Waals surface area contributed by atoms with E-state index >= 15 is 0 Å². The molecule has 9 heteroatoms. The number of nitro groups is 1. The number of benzene rings is 2. The topological polar surface area (TPSA) is 98.9 Å². The number of methoxy groups -OCH3 is 1. The van der Waals surface area contributed by atoms with Gasteiger partial charge in [0, 0.05) is 23.2 Å². The highest BCUT2D eigenvalue weighted by Gasteiger charge is 2.24. The van der Waals surface area contributed by atoms with Gasteiger partial charge in [-0.25, -0.2) is 4.79 Å². The maximum Gasteiger partial charge on any atom is 0.345 e. The Hall–Kier alpha value is -2.32. The molecule has 0 aromatic heterocycles. The normalized spacial score (nSPS) is 10.2. The molecule has 0 aliphatic rings. The van der Waals surface area contributed by atoms with Gasteiger partial charge in [-0.3, -0.25) is 10.1 Å². The Kier molecular flexibility index (Phi) is 5.07. The molecule has 0 saturated carbocycles. The number of aromatic hydroxyl groups is 1. The molecule has 0 fully saturated rings. The fourth-order valence-corrected chi connectivity index (χ4v) is 2.31. The van der Waals surface area contributed by atoms with E-state index in [0.717, 1.165) is 19.2 Å². The number of esters is 1. The summed E-state index contributed by atoms with van der Waals surface area (Å²) in [7, 11) is 1.11. The van der Waals surface area contributed by atoms with Crippen molar-refractivity contribution in [1.29, 1.82) is 0 Å². The number of nitro benzene ring substituents is 1. The largest absolute Gasteiger partial charge is 0.504 e. The van der Waals surface area contributed by atoms with Gasteiger partial charge in [0.15, 0.2) is 11.5 Å². The lowest BCUT2D eigenvalue weighted by Crippen LogP contribution is -2.06. The second-order valence-electron chi connectivity index (χ2n) is 4.26. The lowest BCUT2D eigenvalue weighted by molar-refractivity contribution is -0.385. The summed E-state index contributed by atoms with van der Waals surface area (Å²) in [5, 5.41) is 21.1. The first kappa shape index (κ1) is 17.0. The van der Waals surface area contributed by atoms with Crippen LogP contribution in [0, 0.1) is 10.1 Å². The first-order chi connectivity index (χ1) is 10.8. The molecule has 0 aliphatic heterocycles. The van der Waals surface area contributed by atoms with Crippen LogP contribution in [0.4, 0.5) is 5.69 Å². The summed E-state index contributed by atoms with van der Waals surface area (Å²) in [6, 6.07) is 6.42. The molecule has 0 spiro atoms. The van der Waals surface area contributed by atoms with Crippen molar-refractivity contribution >= 4 is 39.2 Å². The quantitative estimate of drug-likeness (QED) is 0.465. The molecule has 2 aromatic rings. The third-order valence-electron chi connectivity index (χ3n) is 2.79. The number of hydrogen-bond donors (Lipinski definition) is 1. The number of halogens is 2. The summed E-state index contributed by atoms with van der Waals surface area (Å²) < 4.78 is 10.2. The predicted molar refractivity (Wildman–Crippen MR) is 85.3 cm³/mol. The van der Waals surface area contributed by atoms with Gasteiger partial charge in [0.05, 0.1) is 16.5 Å². The van der Waals surface area contributed by atoms with Crippen molar-refractivity contribution in [2.75, 3.05) is 7.11 Å². The molecule has 0 bridgehead atoms. The van der Waals surface area contributed by atoms with Crippen LogP contribution in [0.2, 0.25) is 5.02 Å². The zero-order valence-corrected chi connectivity index (χ0v) is 13.9. The fourth-order valence-electron chi connectivity index (χ4n) is 1.73. The summed E-state index contributed by atoms with van der Waals surface area (Å²) >= 11 is 8.95. The van der Waals surface area contributed by atoms with E-state index < -0.39 is 16.6 Å². The number of ether oxygens (including phenoxy) is 2. The monoisotopic (exact) mass is 401 g/mol. The van der Waals surface area contributed by atoms with E-state index in [0.29, 0.717) is 5.02 Å². The molecule has 23 heavy (non-hydrogen) atoms. The van der Waals surface area contributed by atoms with Gasteiger partial charge in [-0.05, 0) is 28.1 Å². The maximum atomic E-state index is 11.7. The Morgan fingerprint density at radius 3 is 2.61 bits per heavy atom. The molecule has 0 unspecified atom stereocenters. The highest BCUT2D eigenvalue weighted by atomic mass is 79.9. The van der Waals surface area contributed by atoms with E-state index in [2.05, 4.69) is 20.7 Å². The molecule has 2 rings (SSSR count). The van der Waals surface area contributed by atoms with Gasteiger partial charge < -0.3 is 14.6 Å². The van der Waals surface area contributed by atoms with Gasteiger partial charge in [0.1, 0.15) is 11.3 Å². The third kappa shape index (κ3) is 3.72. The van der Waals surface area contributed by atoms with Gasteiger partial charge in [0.2, 0.25) is 0 Å². The second kappa shape index (κ2) is 6.84. The predicted octanol–water partition coefficient (Wildman–Crippen LogP) is 4.30. The lowest BCUT2D eigenvalue weighted by Gasteiger charge is -2.11. The van der Waals surface area contributed by atoms with E-state index in [4.69, 9.17) is 16.3 Å². The summed E-state index contributed by atoms with van der Waals surface area (Å²) in [6.07, 6.45) is 0. The fraction of sp³-hybridized carbons (Fsp3) is 0.0714. The molecule has 120 valence electrons. The smallest absolute Gasteiger partial charge is 0.345 e. The molecule has 0 saturated heterocycles. The Bertz CT molecular complexity index is 795. The molecular weight excluding hydrogens is 394 g/mol. The number of phenols is 1. The van der Waals surface area contributed by atoms with Gasteiger partial charge in [0.25, 0.3) is 5.69 Å². The van der Waals surface area contributed by atoms with Crippen molar-refractivity contribution in [1.82, 2.24) is 0 Å². The molecule has 1 N–H and O–H groups in total. The number of carbonyl (C=O) groups is 1. The minimum Gasteiger partial charge on any atom is -0.504 e. The van der Waals surface area contributed by atoms with Gasteiger partial charge >= 0.3 is 5.97 Å². The molecule has 0 amide bonds. The van der Waals surface area contributed by atoms with E-state index in [1.165, 1.54) is 18.2 Å². The van der Waals surface area contributed by atoms with E-state index in [1.54, 1.807) is 0 Å². The van der Waals surface area contributed by atoms with Crippen LogP contribution in [-0.4, -0.2) is 23.1 Å². The number of carbonyl (C=O) groups excluding carboxylic acids is 1. The average molecular weight is 403 g/mol. The van der Waals surface area contributed by atoms with Gasteiger partial charge in [-0.1, -0.05) is 11.6 Å². The number of nitrogens with zero attached hydrogens (tertiary/aromatic N) is 1. The molecule has 0 radical (unpaired) electrons. The summed E-state index contributed by atoms with van der Waals surface area (Å²) in [6.45, 7) is 0. The number of rotatable bonds is 4. The minimum atomic E-state index is -0.885. The molecular formula is C14H9BrClNO6. The molecule has 0 aliphatic carbocycles. The van der Waals surface area contributed by atoms with Crippen molar-refractivity contribution in [3.05, 3.63) is 55.5 Å². The van der Waals surface area contributed by atoms with Crippen LogP contribution in [0.3, 0.4) is 0 Å². The van der Waals surface area contributed by atoms with Crippen molar-refractivity contribution in [2.24, 2.45) is 0 Å². The van der Waals surface area contributed by atoms with Crippen LogP contribution < -0.4 is 4.74 Å². The first-order valence-corrected chi connectivity index (χ1v) is 7.23. The van der Waals surface area contributed by atoms with Crippen LogP contribution in [0.15, 0.2) is 34.8 Å². The van der Waals surface area contributed by atoms with Crippen LogP contribution in [0.25, 0.3) is 0 Å². The van der Waals surface area contributed by atoms with Crippen LogP contribution in [0.1, 0.15) is 10.4 Å². The number of phenolic OH excluding ortho intramolecular Hbond substituents is 1. The highest BCUT2D eigenvalue weighted by Crippen LogP contribution is 2.39. The summed E-state index contributed by atoms with van der Waals surface area (Å²) in [5.41, 5.74) is -0.719. The third-order valence-corrected chi connectivity index (χ3v) is 3.65. The molecule has 7 nitrogen and oxygen atoms in total. The van der Waals surface area contributed by atoms with Crippen LogP contribution >= 0.6 is 27.5 Å². The molecule has 2 aromatic carbocycles. The number of hydrogen-bond acceptors (Lipinski definition) is 6. The average Bonchev–Trinajstić information content (AvgIpc) is 2.51. The second-order valence-corrected chi connectivity index (χ2v) is 5.55. The van der Waals surface area contributed by atoms with Gasteiger partial charge in [-0.15, -0.1) is 0 Å². The Morgan fingerprint density at radius 2 is 2.00 bits per heavy atom. The van der Waals surface area contributed by atoms with Crippen LogP contribution in [-0.2, 0) is 4.74 Å². The standard InChI is InChI=1S/C14H9BrClNO6/c1-22-14(19)8-5-12(9(15)6-10(8)17(20)21)23-13-4-7(16)2-3-11(13)18/h2-6,18H,1H3. The van der Waals surface area contributed by atoms with E-state index in [-0.39, 0.29) is 27.3 Å². The summed E-state index contributed by atoms with van der Waals surface area (Å²) in [4.78, 5) is 22.0. The molecule has 0 heterocycles. The van der Waals surface area contributed by atoms with Crippen molar-refractivity contribution in [3.63, 3.8) is 0 Å². The zero-order valence-electron chi connectivity index (χ0n) is 11.6. The highest BCUT2D eigenvalue weighted by molar-refractivity contribution is 9.10. The summed E-state index contributed by atoms with van der Waals surface area (Å²) in [5.74, 6) is -0.958. The lowest BCUT2D eigenvalue weighted by atomic mass is 10.1. The van der Waals surface area contributed by atoms with Crippen molar-refractivity contribution in [3.8, 4) is 17.2 Å². The Morgan fingerprint density at radius 1 is 1.30 bits per heavy atom. The van der Waals surface area contributed by atoms with Gasteiger partial charge in [-0.2, -0.15) is 0 Å². The van der Waals surface area contributed by atoms with E-state index in [9.17, 15) is 20.0 Å². The zero-order chi connectivity index (χ0) is 17.1. The Labute approximate surface area is 143 Å². The maximum absolute atomic E-state index is 11.7. The van der Waals surface area contributed by atoms with Crippen molar-refractivity contribution < 1.29 is 24.3 Å². The first-order valence-electron chi connectivity index (χ1n) is 6.06. The van der Waals surface area contributed by atoms with E-state index in [1.807, 2.05) is 0 Å². The SMILES string of the molecule is COC(=O)c1cc(Oc2cc(Cl)ccc2O)c(Br)cc1[N+](=O)[O-]. The molecule has 0 atom stereocenters.